The summed E-state index contributed by atoms with van der Waals surface area (Å²) in [5.74, 6) is 1.62. The molecule has 6 heteroatoms. The van der Waals surface area contributed by atoms with Crippen LogP contribution < -0.4 is 5.32 Å². The van der Waals surface area contributed by atoms with Crippen LogP contribution in [0.15, 0.2) is 38.6 Å². The topological polar surface area (TPSA) is 37.8 Å². The highest BCUT2D eigenvalue weighted by Crippen LogP contribution is 2.33. The number of halogens is 2. The molecule has 0 aliphatic carbocycles. The quantitative estimate of drug-likeness (QED) is 0.632. The van der Waals surface area contributed by atoms with Crippen LogP contribution in [-0.4, -0.2) is 16.5 Å². The molecule has 0 bridgehead atoms. The summed E-state index contributed by atoms with van der Waals surface area (Å²) >= 11 is 8.74. The lowest BCUT2D eigenvalue weighted by atomic mass is 10.2. The van der Waals surface area contributed by atoms with Gasteiger partial charge in [0.15, 0.2) is 5.82 Å². The van der Waals surface area contributed by atoms with Crippen LogP contribution in [0.25, 0.3) is 21.6 Å². The number of nitrogens with one attached hydrogen (secondary N) is 1. The molecule has 2 heterocycles. The van der Waals surface area contributed by atoms with Gasteiger partial charge in [0.25, 0.3) is 0 Å². The van der Waals surface area contributed by atoms with E-state index in [4.69, 9.17) is 4.98 Å². The van der Waals surface area contributed by atoms with Crippen LogP contribution in [0, 0.1) is 0 Å². The monoisotopic (exact) mass is 411 g/mol. The first-order valence-corrected chi connectivity index (χ1v) is 8.60. The van der Waals surface area contributed by atoms with E-state index in [1.807, 2.05) is 29.6 Å². The molecule has 0 saturated heterocycles. The number of aromatic nitrogens is 2. The Bertz CT molecular complexity index is 757. The number of fused-ring (bicyclic) bond motifs is 1. The van der Waals surface area contributed by atoms with Gasteiger partial charge in [0.05, 0.1) is 10.4 Å². The van der Waals surface area contributed by atoms with Gasteiger partial charge in [-0.25, -0.2) is 9.97 Å². The summed E-state index contributed by atoms with van der Waals surface area (Å²) < 4.78 is 1.96. The van der Waals surface area contributed by atoms with Crippen molar-refractivity contribution < 1.29 is 0 Å². The second-order valence-corrected chi connectivity index (χ2v) is 6.90. The van der Waals surface area contributed by atoms with E-state index in [0.29, 0.717) is 0 Å². The Morgan fingerprint density at radius 2 is 2.10 bits per heavy atom. The van der Waals surface area contributed by atoms with E-state index in [0.717, 1.165) is 42.9 Å². The van der Waals surface area contributed by atoms with E-state index in [2.05, 4.69) is 49.1 Å². The molecular formula is C14H11Br2N3S. The number of hydrogen-bond acceptors (Lipinski definition) is 4. The van der Waals surface area contributed by atoms with Crippen LogP contribution >= 0.6 is 43.2 Å². The predicted octanol–water partition coefficient (Wildman–Crippen LogP) is 5.32. The molecule has 0 amide bonds. The van der Waals surface area contributed by atoms with Crippen molar-refractivity contribution in [2.45, 2.75) is 6.92 Å². The summed E-state index contributed by atoms with van der Waals surface area (Å²) in [5, 5.41) is 6.36. The summed E-state index contributed by atoms with van der Waals surface area (Å²) in [6, 6.07) is 8.09. The Kier molecular flexibility index (Phi) is 4.05. The minimum Gasteiger partial charge on any atom is -0.370 e. The minimum atomic E-state index is 0.756. The average Bonchev–Trinajstić information content (AvgIpc) is 2.93. The molecule has 0 aliphatic rings. The van der Waals surface area contributed by atoms with Gasteiger partial charge in [-0.3, -0.25) is 0 Å². The maximum absolute atomic E-state index is 4.69. The smallest absolute Gasteiger partial charge is 0.172 e. The lowest BCUT2D eigenvalue weighted by Crippen LogP contribution is -2.03. The maximum Gasteiger partial charge on any atom is 0.172 e. The first-order chi connectivity index (χ1) is 9.69. The molecule has 0 saturated carbocycles. The molecule has 0 atom stereocenters. The maximum atomic E-state index is 4.69. The Morgan fingerprint density at radius 3 is 2.80 bits per heavy atom. The zero-order valence-corrected chi connectivity index (χ0v) is 14.6. The molecule has 102 valence electrons. The highest BCUT2D eigenvalue weighted by Gasteiger charge is 2.12. The molecular weight excluding hydrogens is 402 g/mol. The summed E-state index contributed by atoms with van der Waals surface area (Å²) in [7, 11) is 0. The molecule has 2 aromatic heterocycles. The molecule has 1 aromatic carbocycles. The van der Waals surface area contributed by atoms with Crippen molar-refractivity contribution >= 4 is 59.9 Å². The average molecular weight is 413 g/mol. The van der Waals surface area contributed by atoms with E-state index in [-0.39, 0.29) is 0 Å². The van der Waals surface area contributed by atoms with Gasteiger partial charge in [-0.05, 0) is 46.4 Å². The lowest BCUT2D eigenvalue weighted by molar-refractivity contribution is 1.15. The number of hydrogen-bond donors (Lipinski definition) is 1. The van der Waals surface area contributed by atoms with Crippen LogP contribution in [0.5, 0.6) is 0 Å². The second-order valence-electron chi connectivity index (χ2n) is 4.19. The van der Waals surface area contributed by atoms with Crippen molar-refractivity contribution in [1.29, 1.82) is 0 Å². The van der Waals surface area contributed by atoms with Gasteiger partial charge >= 0.3 is 0 Å². The molecule has 3 rings (SSSR count). The van der Waals surface area contributed by atoms with Crippen LogP contribution in [0.3, 0.4) is 0 Å². The Balaban J connectivity index is 2.30. The molecule has 20 heavy (non-hydrogen) atoms. The Hall–Kier alpha value is -0.980. The molecule has 0 aliphatic heterocycles. The fraction of sp³-hybridized carbons (Fsp3) is 0.143. The number of thiophene rings is 1. The van der Waals surface area contributed by atoms with Crippen molar-refractivity contribution in [3.63, 3.8) is 0 Å². The van der Waals surface area contributed by atoms with Crippen molar-refractivity contribution in [3.05, 3.63) is 38.6 Å². The van der Waals surface area contributed by atoms with Crippen LogP contribution in [0.4, 0.5) is 5.82 Å². The summed E-state index contributed by atoms with van der Waals surface area (Å²) in [4.78, 5) is 10.4. The van der Waals surface area contributed by atoms with Gasteiger partial charge < -0.3 is 5.32 Å². The number of anilines is 1. The predicted molar refractivity (Wildman–Crippen MR) is 92.4 cm³/mol. The third-order valence-electron chi connectivity index (χ3n) is 2.80. The Labute approximate surface area is 137 Å². The highest BCUT2D eigenvalue weighted by molar-refractivity contribution is 9.11. The van der Waals surface area contributed by atoms with E-state index in [9.17, 15) is 0 Å². The lowest BCUT2D eigenvalue weighted by Gasteiger charge is -2.10. The molecule has 3 aromatic rings. The van der Waals surface area contributed by atoms with Crippen LogP contribution in [0.1, 0.15) is 6.92 Å². The van der Waals surface area contributed by atoms with Crippen molar-refractivity contribution in [2.24, 2.45) is 0 Å². The molecule has 1 N–H and O–H groups in total. The standard InChI is InChI=1S/C14H11Br2N3S/c1-2-17-13-9-6-8(15)7-10(16)12(9)18-14(19-13)11-4-3-5-20-11/h3-7H,2H2,1H3,(H,17,18,19). The van der Waals surface area contributed by atoms with Gasteiger partial charge in [0.1, 0.15) is 5.82 Å². The third kappa shape index (κ3) is 2.60. The zero-order valence-electron chi connectivity index (χ0n) is 10.7. The molecule has 3 nitrogen and oxygen atoms in total. The SMILES string of the molecule is CCNc1nc(-c2cccs2)nc2c(Br)cc(Br)cc12. The highest BCUT2D eigenvalue weighted by atomic mass is 79.9. The summed E-state index contributed by atoms with van der Waals surface area (Å²) in [6.07, 6.45) is 0. The Morgan fingerprint density at radius 1 is 1.25 bits per heavy atom. The van der Waals surface area contributed by atoms with Crippen molar-refractivity contribution in [3.8, 4) is 10.7 Å². The molecule has 0 unspecified atom stereocenters. The van der Waals surface area contributed by atoms with Crippen molar-refractivity contribution in [1.82, 2.24) is 9.97 Å². The first-order valence-electron chi connectivity index (χ1n) is 6.13. The van der Waals surface area contributed by atoms with Crippen molar-refractivity contribution in [2.75, 3.05) is 11.9 Å². The normalized spacial score (nSPS) is 10.9. The second kappa shape index (κ2) is 5.79. The van der Waals surface area contributed by atoms with E-state index < -0.39 is 0 Å². The molecule has 0 radical (unpaired) electrons. The van der Waals surface area contributed by atoms with E-state index in [1.165, 1.54) is 0 Å². The van der Waals surface area contributed by atoms with E-state index >= 15 is 0 Å². The largest absolute Gasteiger partial charge is 0.370 e. The fourth-order valence-electron chi connectivity index (χ4n) is 1.98. The summed E-state index contributed by atoms with van der Waals surface area (Å²) in [6.45, 7) is 2.88. The molecule has 0 spiro atoms. The third-order valence-corrected chi connectivity index (χ3v) is 4.73. The van der Waals surface area contributed by atoms with Gasteiger partial charge in [-0.1, -0.05) is 22.0 Å². The van der Waals surface area contributed by atoms with Crippen LogP contribution in [-0.2, 0) is 0 Å². The fourth-order valence-corrected chi connectivity index (χ4v) is 3.95. The number of benzene rings is 1. The first kappa shape index (κ1) is 14.0. The molecule has 0 fully saturated rings. The van der Waals surface area contributed by atoms with Gasteiger partial charge in [-0.15, -0.1) is 11.3 Å². The van der Waals surface area contributed by atoms with Gasteiger partial charge in [0, 0.05) is 20.9 Å². The minimum absolute atomic E-state index is 0.756. The van der Waals surface area contributed by atoms with Crippen LogP contribution in [0.2, 0.25) is 0 Å². The summed E-state index contributed by atoms with van der Waals surface area (Å²) in [5.41, 5.74) is 0.919. The van der Waals surface area contributed by atoms with Gasteiger partial charge in [0.2, 0.25) is 0 Å². The number of rotatable bonds is 3. The van der Waals surface area contributed by atoms with E-state index in [1.54, 1.807) is 11.3 Å². The zero-order chi connectivity index (χ0) is 14.1. The van der Waals surface area contributed by atoms with Gasteiger partial charge in [-0.2, -0.15) is 0 Å². The number of nitrogens with zero attached hydrogens (tertiary/aromatic N) is 2.